The molecule has 0 radical (unpaired) electrons. The Hall–Kier alpha value is -2.36. The maximum Gasteiger partial charge on any atom is 0.120 e. The van der Waals surface area contributed by atoms with E-state index in [1.54, 1.807) is 7.11 Å². The summed E-state index contributed by atoms with van der Waals surface area (Å²) in [5.74, 6) is 0.885. The van der Waals surface area contributed by atoms with E-state index in [0.29, 0.717) is 12.7 Å². The molecule has 1 aliphatic rings. The minimum atomic E-state index is -0.239. The molecule has 0 heterocycles. The van der Waals surface area contributed by atoms with Gasteiger partial charge in [0.25, 0.3) is 0 Å². The van der Waals surface area contributed by atoms with Crippen LogP contribution in [-0.4, -0.2) is 20.3 Å². The molecule has 0 spiro atoms. The Labute approximate surface area is 167 Å². The molecule has 146 valence electrons. The summed E-state index contributed by atoms with van der Waals surface area (Å²) in [6, 6.07) is 23.3. The summed E-state index contributed by atoms with van der Waals surface area (Å²) in [6.45, 7) is 0.556. The molecule has 0 aromatic heterocycles. The molecule has 0 amide bonds. The quantitative estimate of drug-likeness (QED) is 0.540. The smallest absolute Gasteiger partial charge is 0.120 e. The number of hydrogen-bond donors (Lipinski definition) is 0. The van der Waals surface area contributed by atoms with Crippen LogP contribution in [0.5, 0.6) is 5.75 Å². The number of rotatable bonds is 6. The lowest BCUT2D eigenvalue weighted by molar-refractivity contribution is -0.0762. The van der Waals surface area contributed by atoms with Crippen LogP contribution in [0.25, 0.3) is 10.8 Å². The third-order valence-electron chi connectivity index (χ3n) is 6.04. The summed E-state index contributed by atoms with van der Waals surface area (Å²) < 4.78 is 17.7. The van der Waals surface area contributed by atoms with Gasteiger partial charge in [-0.3, -0.25) is 0 Å². The topological polar surface area (TPSA) is 27.7 Å². The number of ether oxygens (including phenoxy) is 3. The average Bonchev–Trinajstić information content (AvgIpc) is 2.78. The van der Waals surface area contributed by atoms with E-state index in [1.807, 2.05) is 13.2 Å². The predicted molar refractivity (Wildman–Crippen MR) is 113 cm³/mol. The predicted octanol–water partition coefficient (Wildman–Crippen LogP) is 5.85. The highest BCUT2D eigenvalue weighted by Crippen LogP contribution is 2.41. The average molecular weight is 376 g/mol. The van der Waals surface area contributed by atoms with Gasteiger partial charge < -0.3 is 14.2 Å². The molecule has 0 aliphatic heterocycles. The van der Waals surface area contributed by atoms with Gasteiger partial charge in [-0.25, -0.2) is 0 Å². The molecule has 0 bridgehead atoms. The molecule has 28 heavy (non-hydrogen) atoms. The van der Waals surface area contributed by atoms with Gasteiger partial charge in [-0.2, -0.15) is 0 Å². The third kappa shape index (κ3) is 3.91. The van der Waals surface area contributed by atoms with Gasteiger partial charge in [0.15, 0.2) is 0 Å². The number of methoxy groups -OCH3 is 2. The van der Waals surface area contributed by atoms with Crippen molar-refractivity contribution in [3.8, 4) is 5.75 Å². The van der Waals surface area contributed by atoms with Gasteiger partial charge in [-0.1, -0.05) is 48.5 Å². The summed E-state index contributed by atoms with van der Waals surface area (Å²) in [6.07, 6.45) is 4.32. The van der Waals surface area contributed by atoms with Gasteiger partial charge in [0, 0.05) is 14.2 Å². The van der Waals surface area contributed by atoms with Crippen molar-refractivity contribution in [2.24, 2.45) is 0 Å². The van der Waals surface area contributed by atoms with E-state index in [1.165, 1.54) is 21.9 Å². The van der Waals surface area contributed by atoms with Crippen LogP contribution in [0.4, 0.5) is 0 Å². The Morgan fingerprint density at radius 2 is 1.64 bits per heavy atom. The Kier molecular flexibility index (Phi) is 5.65. The zero-order chi connectivity index (χ0) is 19.4. The highest BCUT2D eigenvalue weighted by atomic mass is 16.5. The van der Waals surface area contributed by atoms with Crippen LogP contribution in [0, 0.1) is 0 Å². The zero-order valence-corrected chi connectivity index (χ0v) is 16.7. The number of hydrogen-bond acceptors (Lipinski definition) is 3. The lowest BCUT2D eigenvalue weighted by atomic mass is 9.78. The van der Waals surface area contributed by atoms with E-state index in [2.05, 4.69) is 60.7 Å². The second-order valence-corrected chi connectivity index (χ2v) is 7.63. The van der Waals surface area contributed by atoms with Crippen molar-refractivity contribution >= 4 is 10.8 Å². The van der Waals surface area contributed by atoms with Crippen LogP contribution in [0.3, 0.4) is 0 Å². The maximum atomic E-state index is 6.12. The molecular weight excluding hydrogens is 348 g/mol. The van der Waals surface area contributed by atoms with E-state index in [4.69, 9.17) is 14.2 Å². The summed E-state index contributed by atoms with van der Waals surface area (Å²) in [5, 5.41) is 2.49. The van der Waals surface area contributed by atoms with E-state index in [9.17, 15) is 0 Å². The zero-order valence-electron chi connectivity index (χ0n) is 16.7. The Bertz CT molecular complexity index is 926. The number of fused-ring (bicyclic) bond motifs is 1. The van der Waals surface area contributed by atoms with E-state index >= 15 is 0 Å². The van der Waals surface area contributed by atoms with Crippen molar-refractivity contribution in [1.82, 2.24) is 0 Å². The van der Waals surface area contributed by atoms with Crippen LogP contribution < -0.4 is 4.74 Å². The molecule has 3 nitrogen and oxygen atoms in total. The summed E-state index contributed by atoms with van der Waals surface area (Å²) in [5.41, 5.74) is 2.13. The largest absolute Gasteiger partial charge is 0.489 e. The molecule has 0 N–H and O–H groups in total. The molecule has 1 fully saturated rings. The molecule has 3 heteroatoms. The van der Waals surface area contributed by atoms with Crippen LogP contribution in [0.15, 0.2) is 66.7 Å². The fraction of sp³-hybridized carbons (Fsp3) is 0.360. The van der Waals surface area contributed by atoms with Gasteiger partial charge in [-0.05, 0) is 65.8 Å². The van der Waals surface area contributed by atoms with Crippen LogP contribution >= 0.6 is 0 Å². The van der Waals surface area contributed by atoms with Crippen molar-refractivity contribution in [3.63, 3.8) is 0 Å². The highest BCUT2D eigenvalue weighted by molar-refractivity contribution is 5.82. The highest BCUT2D eigenvalue weighted by Gasteiger charge is 2.37. The van der Waals surface area contributed by atoms with Gasteiger partial charge in [0.2, 0.25) is 0 Å². The lowest BCUT2D eigenvalue weighted by Gasteiger charge is -2.39. The first-order valence-electron chi connectivity index (χ1n) is 10.0. The second-order valence-electron chi connectivity index (χ2n) is 7.63. The molecule has 0 saturated heterocycles. The lowest BCUT2D eigenvalue weighted by Crippen LogP contribution is -2.35. The first-order valence-corrected chi connectivity index (χ1v) is 10.0. The van der Waals surface area contributed by atoms with E-state index in [-0.39, 0.29) is 5.60 Å². The van der Waals surface area contributed by atoms with Gasteiger partial charge in [0.05, 0.1) is 11.7 Å². The first kappa shape index (κ1) is 19.0. The molecule has 1 aliphatic carbocycles. The van der Waals surface area contributed by atoms with E-state index < -0.39 is 0 Å². The molecule has 3 aromatic rings. The molecule has 0 unspecified atom stereocenters. The molecule has 4 rings (SSSR count). The summed E-state index contributed by atoms with van der Waals surface area (Å²) in [7, 11) is 3.61. The van der Waals surface area contributed by atoms with Crippen molar-refractivity contribution in [3.05, 3.63) is 77.9 Å². The first-order chi connectivity index (χ1) is 13.7. The Morgan fingerprint density at radius 1 is 0.857 bits per heavy atom. The van der Waals surface area contributed by atoms with Crippen molar-refractivity contribution in [1.29, 1.82) is 0 Å². The third-order valence-corrected chi connectivity index (χ3v) is 6.04. The SMILES string of the molecule is COC1CCC(OC)(c2cccc(OCc3ccc4ccccc4c3)c2)CC1. The van der Waals surface area contributed by atoms with Crippen LogP contribution in [-0.2, 0) is 21.7 Å². The van der Waals surface area contributed by atoms with E-state index in [0.717, 1.165) is 31.4 Å². The minimum Gasteiger partial charge on any atom is -0.489 e. The van der Waals surface area contributed by atoms with Gasteiger partial charge in [-0.15, -0.1) is 0 Å². The summed E-state index contributed by atoms with van der Waals surface area (Å²) >= 11 is 0. The van der Waals surface area contributed by atoms with Crippen LogP contribution in [0.2, 0.25) is 0 Å². The second kappa shape index (κ2) is 8.34. The van der Waals surface area contributed by atoms with Crippen molar-refractivity contribution in [2.45, 2.75) is 44.0 Å². The summed E-state index contributed by atoms with van der Waals surface area (Å²) in [4.78, 5) is 0. The molecule has 0 atom stereocenters. The fourth-order valence-electron chi connectivity index (χ4n) is 4.27. The van der Waals surface area contributed by atoms with Gasteiger partial charge >= 0.3 is 0 Å². The standard InChI is InChI=1S/C25H28O3/c1-26-23-12-14-25(27-2,15-13-23)22-8-5-9-24(17-22)28-18-19-10-11-20-6-3-4-7-21(20)16-19/h3-11,16-17,23H,12-15,18H2,1-2H3. The molecule has 1 saturated carbocycles. The minimum absolute atomic E-state index is 0.239. The Balaban J connectivity index is 1.48. The fourth-order valence-corrected chi connectivity index (χ4v) is 4.27. The Morgan fingerprint density at radius 3 is 2.39 bits per heavy atom. The normalized spacial score (nSPS) is 22.3. The molecular formula is C25H28O3. The molecule has 3 aromatic carbocycles. The number of benzene rings is 3. The van der Waals surface area contributed by atoms with Crippen molar-refractivity contribution < 1.29 is 14.2 Å². The van der Waals surface area contributed by atoms with Gasteiger partial charge in [0.1, 0.15) is 12.4 Å². The monoisotopic (exact) mass is 376 g/mol. The van der Waals surface area contributed by atoms with Crippen molar-refractivity contribution in [2.75, 3.05) is 14.2 Å². The van der Waals surface area contributed by atoms with Crippen LogP contribution in [0.1, 0.15) is 36.8 Å². The maximum absolute atomic E-state index is 6.12.